The molecule has 1 amide bonds. The summed E-state index contributed by atoms with van der Waals surface area (Å²) in [5.41, 5.74) is 2.38. The van der Waals surface area contributed by atoms with Crippen molar-refractivity contribution in [3.8, 4) is 10.6 Å². The third kappa shape index (κ3) is 3.49. The van der Waals surface area contributed by atoms with E-state index < -0.39 is 0 Å². The number of benzene rings is 1. The van der Waals surface area contributed by atoms with Gasteiger partial charge in [-0.1, -0.05) is 24.4 Å². The van der Waals surface area contributed by atoms with Crippen molar-refractivity contribution in [2.75, 3.05) is 13.1 Å². The molecule has 3 heterocycles. The van der Waals surface area contributed by atoms with Gasteiger partial charge in [0.2, 0.25) is 0 Å². The topological polar surface area (TPSA) is 33.2 Å². The Morgan fingerprint density at radius 3 is 2.54 bits per heavy atom. The number of thiophene rings is 1. The van der Waals surface area contributed by atoms with Crippen molar-refractivity contribution in [2.24, 2.45) is 0 Å². The second-order valence-corrected chi connectivity index (χ2v) is 8.56. The van der Waals surface area contributed by atoms with Gasteiger partial charge in [-0.15, -0.1) is 11.3 Å². The molecule has 134 valence electrons. The van der Waals surface area contributed by atoms with Gasteiger partial charge in [0.1, 0.15) is 0 Å². The van der Waals surface area contributed by atoms with Crippen LogP contribution >= 0.6 is 22.9 Å². The molecule has 3 nitrogen and oxygen atoms in total. The van der Waals surface area contributed by atoms with E-state index in [1.165, 1.54) is 17.7 Å². The molecule has 1 aliphatic rings. The maximum atomic E-state index is 13.3. The second kappa shape index (κ2) is 7.37. The molecule has 0 saturated carbocycles. The monoisotopic (exact) mass is 384 g/mol. The summed E-state index contributed by atoms with van der Waals surface area (Å²) >= 11 is 7.92. The highest BCUT2D eigenvalue weighted by atomic mass is 35.5. The summed E-state index contributed by atoms with van der Waals surface area (Å²) in [7, 11) is 0. The Kier molecular flexibility index (Phi) is 4.96. The number of hydrogen-bond acceptors (Lipinski definition) is 3. The average molecular weight is 385 g/mol. The predicted molar refractivity (Wildman–Crippen MR) is 109 cm³/mol. The van der Waals surface area contributed by atoms with Crippen molar-refractivity contribution in [1.82, 2.24) is 9.88 Å². The zero-order valence-electron chi connectivity index (χ0n) is 14.8. The van der Waals surface area contributed by atoms with E-state index >= 15 is 0 Å². The van der Waals surface area contributed by atoms with Gasteiger partial charge in [-0.25, -0.2) is 4.98 Å². The van der Waals surface area contributed by atoms with Crippen molar-refractivity contribution in [3.05, 3.63) is 51.9 Å². The van der Waals surface area contributed by atoms with Gasteiger partial charge in [-0.2, -0.15) is 0 Å². The fourth-order valence-corrected chi connectivity index (χ4v) is 4.52. The number of rotatable bonds is 2. The minimum Gasteiger partial charge on any atom is -0.339 e. The van der Waals surface area contributed by atoms with Crippen molar-refractivity contribution >= 4 is 39.7 Å². The number of likely N-dealkylation sites (tertiary alicyclic amines) is 1. The molecule has 3 aromatic rings. The maximum absolute atomic E-state index is 13.3. The Labute approximate surface area is 162 Å². The number of amides is 1. The Morgan fingerprint density at radius 1 is 1.08 bits per heavy atom. The van der Waals surface area contributed by atoms with Gasteiger partial charge in [0.05, 0.1) is 21.7 Å². The third-order valence-corrected chi connectivity index (χ3v) is 6.15. The van der Waals surface area contributed by atoms with Crippen molar-refractivity contribution in [2.45, 2.75) is 32.6 Å². The number of fused-ring (bicyclic) bond motifs is 1. The first-order valence-corrected chi connectivity index (χ1v) is 10.3. The van der Waals surface area contributed by atoms with E-state index in [4.69, 9.17) is 16.6 Å². The maximum Gasteiger partial charge on any atom is 0.254 e. The lowest BCUT2D eigenvalue weighted by molar-refractivity contribution is 0.0763. The fraction of sp³-hybridized carbons (Fsp3) is 0.333. The molecule has 0 bridgehead atoms. The molecule has 1 saturated heterocycles. The molecule has 0 N–H and O–H groups in total. The van der Waals surface area contributed by atoms with Gasteiger partial charge in [0.25, 0.3) is 5.91 Å². The normalized spacial score (nSPS) is 15.2. The molecular weight excluding hydrogens is 364 g/mol. The summed E-state index contributed by atoms with van der Waals surface area (Å²) in [6.45, 7) is 3.74. The van der Waals surface area contributed by atoms with E-state index in [1.54, 1.807) is 11.3 Å². The van der Waals surface area contributed by atoms with Crippen LogP contribution < -0.4 is 0 Å². The lowest BCUT2D eigenvalue weighted by Crippen LogP contribution is -2.32. The molecule has 0 atom stereocenters. The van der Waals surface area contributed by atoms with Gasteiger partial charge < -0.3 is 4.90 Å². The van der Waals surface area contributed by atoms with E-state index in [0.717, 1.165) is 47.4 Å². The first-order chi connectivity index (χ1) is 12.6. The van der Waals surface area contributed by atoms with E-state index in [2.05, 4.69) is 19.1 Å². The highest BCUT2D eigenvalue weighted by Gasteiger charge is 2.21. The van der Waals surface area contributed by atoms with Crippen LogP contribution in [0.3, 0.4) is 0 Å². The number of carbonyl (C=O) groups is 1. The number of aryl methyl sites for hydroxylation is 1. The summed E-state index contributed by atoms with van der Waals surface area (Å²) in [6, 6.07) is 11.7. The highest BCUT2D eigenvalue weighted by Crippen LogP contribution is 2.31. The van der Waals surface area contributed by atoms with Crippen LogP contribution in [-0.2, 0) is 0 Å². The quantitative estimate of drug-likeness (QED) is 0.547. The van der Waals surface area contributed by atoms with Gasteiger partial charge >= 0.3 is 0 Å². The summed E-state index contributed by atoms with van der Waals surface area (Å²) in [5.74, 6) is 0.0936. The number of nitrogens with zero attached hydrogens (tertiary/aromatic N) is 2. The van der Waals surface area contributed by atoms with Gasteiger partial charge in [0.15, 0.2) is 0 Å². The van der Waals surface area contributed by atoms with E-state index in [-0.39, 0.29) is 5.91 Å². The van der Waals surface area contributed by atoms with E-state index in [0.29, 0.717) is 10.6 Å². The summed E-state index contributed by atoms with van der Waals surface area (Å²) in [4.78, 5) is 22.4. The van der Waals surface area contributed by atoms with Crippen LogP contribution in [0.1, 0.15) is 40.9 Å². The molecule has 5 heteroatoms. The van der Waals surface area contributed by atoms with Crippen LogP contribution in [0.5, 0.6) is 0 Å². The smallest absolute Gasteiger partial charge is 0.254 e. The molecule has 0 aliphatic carbocycles. The molecule has 1 fully saturated rings. The summed E-state index contributed by atoms with van der Waals surface area (Å²) < 4.78 is 0. The van der Waals surface area contributed by atoms with Crippen LogP contribution in [-0.4, -0.2) is 28.9 Å². The summed E-state index contributed by atoms with van der Waals surface area (Å²) in [5, 5.41) is 1.47. The largest absolute Gasteiger partial charge is 0.339 e. The predicted octanol–water partition coefficient (Wildman–Crippen LogP) is 5.94. The third-order valence-electron chi connectivity index (χ3n) is 4.89. The molecule has 1 aliphatic heterocycles. The molecular formula is C21H21ClN2OS. The van der Waals surface area contributed by atoms with Crippen LogP contribution in [0.15, 0.2) is 36.4 Å². The van der Waals surface area contributed by atoms with E-state index in [1.807, 2.05) is 29.2 Å². The minimum atomic E-state index is 0.0936. The molecule has 2 aromatic heterocycles. The van der Waals surface area contributed by atoms with Gasteiger partial charge in [0, 0.05) is 28.4 Å². The van der Waals surface area contributed by atoms with Crippen LogP contribution in [0.2, 0.25) is 5.02 Å². The Morgan fingerprint density at radius 2 is 1.85 bits per heavy atom. The Balaban J connectivity index is 1.84. The van der Waals surface area contributed by atoms with Crippen LogP contribution in [0.4, 0.5) is 0 Å². The van der Waals surface area contributed by atoms with Crippen molar-refractivity contribution < 1.29 is 4.79 Å². The highest BCUT2D eigenvalue weighted by molar-refractivity contribution is 7.15. The molecule has 0 spiro atoms. The number of carbonyl (C=O) groups excluding carboxylic acids is 1. The van der Waals surface area contributed by atoms with Crippen molar-refractivity contribution in [3.63, 3.8) is 0 Å². The Bertz CT molecular complexity index is 958. The second-order valence-electron chi connectivity index (χ2n) is 6.83. The number of halogens is 1. The zero-order valence-corrected chi connectivity index (χ0v) is 16.4. The Hall–Kier alpha value is -1.91. The lowest BCUT2D eigenvalue weighted by atomic mass is 10.1. The van der Waals surface area contributed by atoms with E-state index in [9.17, 15) is 4.79 Å². The summed E-state index contributed by atoms with van der Waals surface area (Å²) in [6.07, 6.45) is 4.55. The molecule has 4 rings (SSSR count). The molecule has 0 radical (unpaired) electrons. The molecule has 0 unspecified atom stereocenters. The van der Waals surface area contributed by atoms with Crippen molar-refractivity contribution in [1.29, 1.82) is 0 Å². The van der Waals surface area contributed by atoms with Gasteiger partial charge in [-0.05, 0) is 56.2 Å². The lowest BCUT2D eigenvalue weighted by Gasteiger charge is -2.21. The standard InChI is InChI=1S/C21H21ClN2OS/c1-14-6-9-20(26-14)19-13-17(16-12-15(22)7-8-18(16)23-19)21(25)24-10-4-2-3-5-11-24/h6-9,12-13H,2-5,10-11H2,1H3. The molecule has 1 aromatic carbocycles. The minimum absolute atomic E-state index is 0.0936. The average Bonchev–Trinajstić information content (AvgIpc) is 2.91. The van der Waals surface area contributed by atoms with Crippen LogP contribution in [0.25, 0.3) is 21.5 Å². The first-order valence-electron chi connectivity index (χ1n) is 9.08. The first kappa shape index (κ1) is 17.5. The SMILES string of the molecule is Cc1ccc(-c2cc(C(=O)N3CCCCCC3)c3cc(Cl)ccc3n2)s1. The van der Waals surface area contributed by atoms with Gasteiger partial charge in [-0.3, -0.25) is 4.79 Å². The fourth-order valence-electron chi connectivity index (χ4n) is 3.52. The zero-order chi connectivity index (χ0) is 18.1. The number of hydrogen-bond donors (Lipinski definition) is 0. The number of aromatic nitrogens is 1. The number of pyridine rings is 1. The van der Waals surface area contributed by atoms with Crippen LogP contribution in [0, 0.1) is 6.92 Å². The molecule has 26 heavy (non-hydrogen) atoms.